The number of methoxy groups -OCH3 is 1. The normalized spacial score (nSPS) is 11.5. The lowest BCUT2D eigenvalue weighted by molar-refractivity contribution is 0.0231. The van der Waals surface area contributed by atoms with Crippen LogP contribution in [0.1, 0.15) is 29.8 Å². The standard InChI is InChI=1S/C14H21NO2/c1-14(2,17-4)9-11-7-5-6-8-12(11)13(16)10-15-3/h5-8,15H,9-10H2,1-4H3. The molecule has 0 radical (unpaired) electrons. The van der Waals surface area contributed by atoms with Crippen molar-refractivity contribution >= 4 is 5.78 Å². The van der Waals surface area contributed by atoms with Gasteiger partial charge in [-0.15, -0.1) is 0 Å². The molecule has 0 heterocycles. The van der Waals surface area contributed by atoms with Crippen molar-refractivity contribution in [3.05, 3.63) is 35.4 Å². The summed E-state index contributed by atoms with van der Waals surface area (Å²) in [6.45, 7) is 4.41. The van der Waals surface area contributed by atoms with Gasteiger partial charge in [-0.1, -0.05) is 24.3 Å². The van der Waals surface area contributed by atoms with E-state index in [9.17, 15) is 4.79 Å². The van der Waals surface area contributed by atoms with Crippen LogP contribution in [0.15, 0.2) is 24.3 Å². The van der Waals surface area contributed by atoms with Crippen LogP contribution in [-0.2, 0) is 11.2 Å². The zero-order valence-corrected chi connectivity index (χ0v) is 11.0. The van der Waals surface area contributed by atoms with Crippen LogP contribution in [0.2, 0.25) is 0 Å². The van der Waals surface area contributed by atoms with Gasteiger partial charge in [0.05, 0.1) is 12.1 Å². The van der Waals surface area contributed by atoms with Crippen molar-refractivity contribution in [1.29, 1.82) is 0 Å². The summed E-state index contributed by atoms with van der Waals surface area (Å²) < 4.78 is 5.41. The van der Waals surface area contributed by atoms with Crippen LogP contribution in [0, 0.1) is 0 Å². The van der Waals surface area contributed by atoms with E-state index in [-0.39, 0.29) is 11.4 Å². The first-order valence-corrected chi connectivity index (χ1v) is 5.81. The van der Waals surface area contributed by atoms with Crippen molar-refractivity contribution in [1.82, 2.24) is 5.32 Å². The zero-order chi connectivity index (χ0) is 12.9. The highest BCUT2D eigenvalue weighted by Crippen LogP contribution is 2.19. The van der Waals surface area contributed by atoms with Gasteiger partial charge in [-0.3, -0.25) is 4.79 Å². The molecule has 0 atom stereocenters. The fraction of sp³-hybridized carbons (Fsp3) is 0.500. The number of benzene rings is 1. The number of carbonyl (C=O) groups excluding carboxylic acids is 1. The number of carbonyl (C=O) groups is 1. The van der Waals surface area contributed by atoms with Gasteiger partial charge in [-0.05, 0) is 26.5 Å². The van der Waals surface area contributed by atoms with E-state index in [1.54, 1.807) is 14.2 Å². The van der Waals surface area contributed by atoms with Gasteiger partial charge in [-0.25, -0.2) is 0 Å². The summed E-state index contributed by atoms with van der Waals surface area (Å²) in [6.07, 6.45) is 0.731. The van der Waals surface area contributed by atoms with Gasteiger partial charge in [-0.2, -0.15) is 0 Å². The number of Topliss-reactive ketones (excluding diaryl/α,β-unsaturated/α-hetero) is 1. The highest BCUT2D eigenvalue weighted by Gasteiger charge is 2.20. The second-order valence-corrected chi connectivity index (χ2v) is 4.75. The van der Waals surface area contributed by atoms with Crippen molar-refractivity contribution in [2.24, 2.45) is 0 Å². The lowest BCUT2D eigenvalue weighted by atomic mass is 9.93. The maximum Gasteiger partial charge on any atom is 0.176 e. The molecule has 0 spiro atoms. The minimum absolute atomic E-state index is 0.120. The molecule has 1 rings (SSSR count). The molecule has 0 aliphatic rings. The fourth-order valence-electron chi connectivity index (χ4n) is 1.73. The van der Waals surface area contributed by atoms with Crippen molar-refractivity contribution in [2.45, 2.75) is 25.9 Å². The topological polar surface area (TPSA) is 38.3 Å². The lowest BCUT2D eigenvalue weighted by Gasteiger charge is -2.24. The average molecular weight is 235 g/mol. The monoisotopic (exact) mass is 235 g/mol. The van der Waals surface area contributed by atoms with Crippen LogP contribution in [0.4, 0.5) is 0 Å². The molecular formula is C14H21NO2. The van der Waals surface area contributed by atoms with Crippen molar-refractivity contribution in [2.75, 3.05) is 20.7 Å². The Kier molecular flexibility index (Phi) is 4.85. The Labute approximate surface area is 103 Å². The first-order chi connectivity index (χ1) is 8.00. The molecular weight excluding hydrogens is 214 g/mol. The van der Waals surface area contributed by atoms with Gasteiger partial charge in [0.25, 0.3) is 0 Å². The molecule has 0 amide bonds. The Morgan fingerprint density at radius 3 is 2.59 bits per heavy atom. The molecule has 1 N–H and O–H groups in total. The van der Waals surface area contributed by atoms with Gasteiger partial charge < -0.3 is 10.1 Å². The van der Waals surface area contributed by atoms with Gasteiger partial charge in [0.2, 0.25) is 0 Å². The summed E-state index contributed by atoms with van der Waals surface area (Å²) in [5, 5.41) is 2.89. The number of hydrogen-bond acceptors (Lipinski definition) is 3. The van der Waals surface area contributed by atoms with E-state index in [0.29, 0.717) is 6.54 Å². The molecule has 0 saturated carbocycles. The van der Waals surface area contributed by atoms with E-state index in [2.05, 4.69) is 5.32 Å². The molecule has 3 heteroatoms. The summed E-state index contributed by atoms with van der Waals surface area (Å²) in [7, 11) is 3.47. The van der Waals surface area contributed by atoms with Crippen molar-refractivity contribution in [3.8, 4) is 0 Å². The summed E-state index contributed by atoms with van der Waals surface area (Å²) in [5.41, 5.74) is 1.57. The molecule has 0 aromatic heterocycles. The van der Waals surface area contributed by atoms with Crippen LogP contribution < -0.4 is 5.32 Å². The third kappa shape index (κ3) is 3.95. The second-order valence-electron chi connectivity index (χ2n) is 4.75. The summed E-state index contributed by atoms with van der Waals surface area (Å²) in [6, 6.07) is 7.72. The largest absolute Gasteiger partial charge is 0.378 e. The average Bonchev–Trinajstić information content (AvgIpc) is 2.29. The SMILES string of the molecule is CNCC(=O)c1ccccc1CC(C)(C)OC. The molecule has 17 heavy (non-hydrogen) atoms. The van der Waals surface area contributed by atoms with Gasteiger partial charge in [0.15, 0.2) is 5.78 Å². The molecule has 0 aliphatic heterocycles. The first-order valence-electron chi connectivity index (χ1n) is 5.81. The third-order valence-electron chi connectivity index (χ3n) is 2.82. The number of nitrogens with one attached hydrogen (secondary N) is 1. The van der Waals surface area contributed by atoms with Gasteiger partial charge in [0, 0.05) is 19.1 Å². The minimum atomic E-state index is -0.254. The van der Waals surface area contributed by atoms with E-state index in [0.717, 1.165) is 17.5 Å². The molecule has 3 nitrogen and oxygen atoms in total. The predicted molar refractivity (Wildman–Crippen MR) is 69.5 cm³/mol. The molecule has 0 fully saturated rings. The second kappa shape index (κ2) is 5.94. The quantitative estimate of drug-likeness (QED) is 0.767. The molecule has 0 bridgehead atoms. The summed E-state index contributed by atoms with van der Waals surface area (Å²) >= 11 is 0. The Balaban J connectivity index is 2.96. The summed E-state index contributed by atoms with van der Waals surface area (Å²) in [5.74, 6) is 0.120. The molecule has 0 aliphatic carbocycles. The van der Waals surface area contributed by atoms with E-state index >= 15 is 0 Å². The first kappa shape index (κ1) is 13.9. The van der Waals surface area contributed by atoms with Crippen LogP contribution in [0.5, 0.6) is 0 Å². The maximum atomic E-state index is 11.9. The third-order valence-corrected chi connectivity index (χ3v) is 2.82. The summed E-state index contributed by atoms with van der Waals surface area (Å²) in [4.78, 5) is 11.9. The molecule has 0 unspecified atom stereocenters. The fourth-order valence-corrected chi connectivity index (χ4v) is 1.73. The van der Waals surface area contributed by atoms with E-state index < -0.39 is 0 Å². The highest BCUT2D eigenvalue weighted by molar-refractivity contribution is 5.98. The molecule has 1 aromatic carbocycles. The Hall–Kier alpha value is -1.19. The van der Waals surface area contributed by atoms with Crippen LogP contribution in [0.25, 0.3) is 0 Å². The Morgan fingerprint density at radius 1 is 1.35 bits per heavy atom. The van der Waals surface area contributed by atoms with Crippen LogP contribution in [0.3, 0.4) is 0 Å². The molecule has 94 valence electrons. The molecule has 1 aromatic rings. The van der Waals surface area contributed by atoms with Crippen molar-refractivity contribution < 1.29 is 9.53 Å². The Morgan fingerprint density at radius 2 is 2.00 bits per heavy atom. The number of ketones is 1. The van der Waals surface area contributed by atoms with E-state index in [4.69, 9.17) is 4.74 Å². The minimum Gasteiger partial charge on any atom is -0.378 e. The van der Waals surface area contributed by atoms with E-state index in [1.165, 1.54) is 0 Å². The maximum absolute atomic E-state index is 11.9. The number of rotatable bonds is 6. The Bertz CT molecular complexity index is 386. The predicted octanol–water partition coefficient (Wildman–Crippen LogP) is 2.06. The smallest absolute Gasteiger partial charge is 0.176 e. The molecule has 0 saturated heterocycles. The number of ether oxygens (including phenoxy) is 1. The number of likely N-dealkylation sites (N-methyl/N-ethyl adjacent to an activating group) is 1. The van der Waals surface area contributed by atoms with Crippen molar-refractivity contribution in [3.63, 3.8) is 0 Å². The van der Waals surface area contributed by atoms with Crippen LogP contribution >= 0.6 is 0 Å². The van der Waals surface area contributed by atoms with Gasteiger partial charge in [0.1, 0.15) is 0 Å². The van der Waals surface area contributed by atoms with Crippen LogP contribution in [-0.4, -0.2) is 32.1 Å². The lowest BCUT2D eigenvalue weighted by Crippen LogP contribution is -2.27. The van der Waals surface area contributed by atoms with Gasteiger partial charge >= 0.3 is 0 Å². The zero-order valence-electron chi connectivity index (χ0n) is 11.0. The van der Waals surface area contributed by atoms with E-state index in [1.807, 2.05) is 38.1 Å². The number of hydrogen-bond donors (Lipinski definition) is 1. The highest BCUT2D eigenvalue weighted by atomic mass is 16.5.